The summed E-state index contributed by atoms with van der Waals surface area (Å²) in [5, 5.41) is 0. The molecule has 0 amide bonds. The molecule has 1 heterocycles. The fourth-order valence-electron chi connectivity index (χ4n) is 2.60. The monoisotopic (exact) mass is 313 g/mol. The Bertz CT molecular complexity index is 589. The SMILES string of the molecule is COc1ccc(CN)cc1S(=O)(=O)NC1CCCN(C)C1. The minimum Gasteiger partial charge on any atom is -0.495 e. The average Bonchev–Trinajstić information content (AvgIpc) is 2.46. The number of benzene rings is 1. The van der Waals surface area contributed by atoms with E-state index < -0.39 is 10.0 Å². The van der Waals surface area contributed by atoms with Gasteiger partial charge < -0.3 is 15.4 Å². The number of likely N-dealkylation sites (N-methyl/N-ethyl adjacent to an activating group) is 1. The molecule has 0 spiro atoms. The maximum absolute atomic E-state index is 12.6. The summed E-state index contributed by atoms with van der Waals surface area (Å²) < 4.78 is 33.2. The van der Waals surface area contributed by atoms with E-state index in [0.717, 1.165) is 31.5 Å². The standard InChI is InChI=1S/C14H23N3O3S/c1-17-7-3-4-12(10-17)16-21(18,19)14-8-11(9-15)5-6-13(14)20-2/h5-6,8,12,16H,3-4,7,9-10,15H2,1-2H3. The van der Waals surface area contributed by atoms with Crippen molar-refractivity contribution in [2.45, 2.75) is 30.3 Å². The van der Waals surface area contributed by atoms with Gasteiger partial charge in [0.25, 0.3) is 0 Å². The Labute approximate surface area is 126 Å². The van der Waals surface area contributed by atoms with Crippen LogP contribution in [-0.2, 0) is 16.6 Å². The van der Waals surface area contributed by atoms with E-state index in [1.807, 2.05) is 7.05 Å². The van der Waals surface area contributed by atoms with Crippen molar-refractivity contribution in [1.82, 2.24) is 9.62 Å². The highest BCUT2D eigenvalue weighted by molar-refractivity contribution is 7.89. The van der Waals surface area contributed by atoms with Crippen LogP contribution in [0.15, 0.2) is 23.1 Å². The van der Waals surface area contributed by atoms with E-state index >= 15 is 0 Å². The van der Waals surface area contributed by atoms with E-state index in [2.05, 4.69) is 9.62 Å². The zero-order valence-corrected chi connectivity index (χ0v) is 13.3. The predicted molar refractivity (Wildman–Crippen MR) is 81.7 cm³/mol. The Morgan fingerprint density at radius 1 is 1.48 bits per heavy atom. The Morgan fingerprint density at radius 2 is 2.24 bits per heavy atom. The van der Waals surface area contributed by atoms with Crippen molar-refractivity contribution < 1.29 is 13.2 Å². The Hall–Kier alpha value is -1.15. The number of likely N-dealkylation sites (tertiary alicyclic amines) is 1. The molecular formula is C14H23N3O3S. The second-order valence-electron chi connectivity index (χ2n) is 5.41. The van der Waals surface area contributed by atoms with Gasteiger partial charge in [-0.2, -0.15) is 0 Å². The number of nitrogens with one attached hydrogen (secondary N) is 1. The van der Waals surface area contributed by atoms with Crippen molar-refractivity contribution in [3.05, 3.63) is 23.8 Å². The van der Waals surface area contributed by atoms with Gasteiger partial charge in [0, 0.05) is 19.1 Å². The van der Waals surface area contributed by atoms with Crippen LogP contribution < -0.4 is 15.2 Å². The Kier molecular flexibility index (Phi) is 5.21. The third-order valence-electron chi connectivity index (χ3n) is 3.70. The number of rotatable bonds is 5. The number of piperidine rings is 1. The number of ether oxygens (including phenoxy) is 1. The van der Waals surface area contributed by atoms with Crippen LogP contribution in [0.4, 0.5) is 0 Å². The molecular weight excluding hydrogens is 290 g/mol. The molecule has 0 bridgehead atoms. The molecule has 1 saturated heterocycles. The predicted octanol–water partition coefficient (Wildman–Crippen LogP) is 0.526. The van der Waals surface area contributed by atoms with Gasteiger partial charge in [0.15, 0.2) is 0 Å². The Morgan fingerprint density at radius 3 is 2.86 bits per heavy atom. The van der Waals surface area contributed by atoms with Crippen molar-refractivity contribution >= 4 is 10.0 Å². The summed E-state index contributed by atoms with van der Waals surface area (Å²) in [5.41, 5.74) is 6.35. The summed E-state index contributed by atoms with van der Waals surface area (Å²) in [5.74, 6) is 0.337. The molecule has 6 nitrogen and oxygen atoms in total. The first kappa shape index (κ1) is 16.2. The maximum atomic E-state index is 12.6. The second-order valence-corrected chi connectivity index (χ2v) is 7.09. The van der Waals surface area contributed by atoms with Gasteiger partial charge in [-0.25, -0.2) is 13.1 Å². The molecule has 0 aromatic heterocycles. The van der Waals surface area contributed by atoms with Crippen molar-refractivity contribution in [2.24, 2.45) is 5.73 Å². The summed E-state index contributed by atoms with van der Waals surface area (Å²) in [6.07, 6.45) is 1.84. The number of hydrogen-bond acceptors (Lipinski definition) is 5. The third kappa shape index (κ3) is 3.94. The van der Waals surface area contributed by atoms with Gasteiger partial charge in [0.05, 0.1) is 7.11 Å². The molecule has 118 valence electrons. The van der Waals surface area contributed by atoms with Crippen LogP contribution in [0.3, 0.4) is 0 Å². The molecule has 1 aromatic rings. The van der Waals surface area contributed by atoms with Crippen LogP contribution in [0.25, 0.3) is 0 Å². The van der Waals surface area contributed by atoms with Gasteiger partial charge in [-0.15, -0.1) is 0 Å². The van der Waals surface area contributed by atoms with E-state index in [9.17, 15) is 8.42 Å². The highest BCUT2D eigenvalue weighted by Gasteiger charge is 2.26. The summed E-state index contributed by atoms with van der Waals surface area (Å²) >= 11 is 0. The number of hydrogen-bond donors (Lipinski definition) is 2. The van der Waals surface area contributed by atoms with E-state index in [0.29, 0.717) is 12.3 Å². The van der Waals surface area contributed by atoms with Crippen LogP contribution in [0.2, 0.25) is 0 Å². The zero-order chi connectivity index (χ0) is 15.5. The normalized spacial score (nSPS) is 20.4. The molecule has 1 aliphatic heterocycles. The fourth-order valence-corrected chi connectivity index (χ4v) is 4.08. The maximum Gasteiger partial charge on any atom is 0.244 e. The van der Waals surface area contributed by atoms with Gasteiger partial charge >= 0.3 is 0 Å². The van der Waals surface area contributed by atoms with E-state index in [1.54, 1.807) is 18.2 Å². The Balaban J connectivity index is 2.26. The highest BCUT2D eigenvalue weighted by Crippen LogP contribution is 2.25. The lowest BCUT2D eigenvalue weighted by atomic mass is 10.1. The number of methoxy groups -OCH3 is 1. The van der Waals surface area contributed by atoms with Crippen molar-refractivity contribution in [3.8, 4) is 5.75 Å². The van der Waals surface area contributed by atoms with Crippen LogP contribution in [0, 0.1) is 0 Å². The van der Waals surface area contributed by atoms with Crippen LogP contribution in [0.5, 0.6) is 5.75 Å². The molecule has 0 radical (unpaired) electrons. The summed E-state index contributed by atoms with van der Waals surface area (Å²) in [6, 6.07) is 4.92. The summed E-state index contributed by atoms with van der Waals surface area (Å²) in [4.78, 5) is 2.28. The topological polar surface area (TPSA) is 84.7 Å². The van der Waals surface area contributed by atoms with Crippen molar-refractivity contribution in [2.75, 3.05) is 27.2 Å². The fraction of sp³-hybridized carbons (Fsp3) is 0.571. The lowest BCUT2D eigenvalue weighted by Crippen LogP contribution is -2.46. The van der Waals surface area contributed by atoms with Gasteiger partial charge in [-0.05, 0) is 44.1 Å². The van der Waals surface area contributed by atoms with Crippen LogP contribution >= 0.6 is 0 Å². The van der Waals surface area contributed by atoms with E-state index in [-0.39, 0.29) is 10.9 Å². The molecule has 7 heteroatoms. The molecule has 1 atom stereocenters. The largest absolute Gasteiger partial charge is 0.495 e. The zero-order valence-electron chi connectivity index (χ0n) is 12.5. The minimum absolute atomic E-state index is 0.0695. The van der Waals surface area contributed by atoms with Gasteiger partial charge in [0.2, 0.25) is 10.0 Å². The van der Waals surface area contributed by atoms with Gasteiger partial charge in [-0.1, -0.05) is 6.07 Å². The number of nitrogens with two attached hydrogens (primary N) is 1. The van der Waals surface area contributed by atoms with Crippen LogP contribution in [0.1, 0.15) is 18.4 Å². The lowest BCUT2D eigenvalue weighted by molar-refractivity contribution is 0.242. The molecule has 1 aromatic carbocycles. The highest BCUT2D eigenvalue weighted by atomic mass is 32.2. The molecule has 3 N–H and O–H groups in total. The second kappa shape index (κ2) is 6.74. The third-order valence-corrected chi connectivity index (χ3v) is 5.24. The quantitative estimate of drug-likeness (QED) is 0.828. The molecule has 21 heavy (non-hydrogen) atoms. The molecule has 1 aliphatic rings. The molecule has 0 aliphatic carbocycles. The molecule has 1 unspecified atom stereocenters. The molecule has 1 fully saturated rings. The lowest BCUT2D eigenvalue weighted by Gasteiger charge is -2.30. The van der Waals surface area contributed by atoms with Crippen molar-refractivity contribution in [3.63, 3.8) is 0 Å². The van der Waals surface area contributed by atoms with E-state index in [1.165, 1.54) is 7.11 Å². The smallest absolute Gasteiger partial charge is 0.244 e. The van der Waals surface area contributed by atoms with Gasteiger partial charge in [-0.3, -0.25) is 0 Å². The minimum atomic E-state index is -3.62. The van der Waals surface area contributed by atoms with E-state index in [4.69, 9.17) is 10.5 Å². The average molecular weight is 313 g/mol. The first-order valence-corrected chi connectivity index (χ1v) is 8.52. The first-order chi connectivity index (χ1) is 9.96. The summed E-state index contributed by atoms with van der Waals surface area (Å²) in [6.45, 7) is 2.01. The summed E-state index contributed by atoms with van der Waals surface area (Å²) in [7, 11) is -0.157. The first-order valence-electron chi connectivity index (χ1n) is 7.04. The number of sulfonamides is 1. The molecule has 2 rings (SSSR count). The molecule has 0 saturated carbocycles. The van der Waals surface area contributed by atoms with Crippen molar-refractivity contribution in [1.29, 1.82) is 0 Å². The van der Waals surface area contributed by atoms with Gasteiger partial charge in [0.1, 0.15) is 10.6 Å². The van der Waals surface area contributed by atoms with Crippen LogP contribution in [-0.4, -0.2) is 46.6 Å². The number of nitrogens with zero attached hydrogens (tertiary/aromatic N) is 1.